The molecule has 0 spiro atoms. The molecule has 0 saturated carbocycles. The van der Waals surface area contributed by atoms with Crippen molar-refractivity contribution in [3.63, 3.8) is 0 Å². The van der Waals surface area contributed by atoms with Gasteiger partial charge in [0.05, 0.1) is 18.7 Å². The quantitative estimate of drug-likeness (QED) is 0.792. The van der Waals surface area contributed by atoms with Crippen LogP contribution in [0.4, 0.5) is 0 Å². The Morgan fingerprint density at radius 3 is 2.38 bits per heavy atom. The number of aldehydes is 1. The molecule has 0 saturated heterocycles. The molecule has 2 rings (SSSR count). The highest BCUT2D eigenvalue weighted by Gasteiger charge is 2.15. The number of rotatable bonds is 7. The van der Waals surface area contributed by atoms with E-state index in [1.54, 1.807) is 12.1 Å². The molecule has 0 amide bonds. The zero-order valence-corrected chi connectivity index (χ0v) is 12.0. The van der Waals surface area contributed by atoms with Gasteiger partial charge in [-0.2, -0.15) is 0 Å². The molecule has 1 heterocycles. The maximum atomic E-state index is 11.2. The van der Waals surface area contributed by atoms with Gasteiger partial charge >= 0.3 is 5.97 Å². The Morgan fingerprint density at radius 1 is 1.24 bits per heavy atom. The van der Waals surface area contributed by atoms with Gasteiger partial charge in [-0.3, -0.25) is 9.59 Å². The second-order valence-corrected chi connectivity index (χ2v) is 4.41. The Bertz CT molecular complexity index is 674. The van der Waals surface area contributed by atoms with Gasteiger partial charge in [0.1, 0.15) is 6.54 Å². The van der Waals surface area contributed by atoms with E-state index in [0.29, 0.717) is 47.5 Å². The van der Waals surface area contributed by atoms with Crippen molar-refractivity contribution in [2.24, 2.45) is 0 Å². The maximum absolute atomic E-state index is 11.2. The van der Waals surface area contributed by atoms with E-state index < -0.39 is 5.97 Å². The van der Waals surface area contributed by atoms with Crippen LogP contribution in [0.2, 0.25) is 0 Å². The molecule has 2 aromatic rings. The van der Waals surface area contributed by atoms with Crippen LogP contribution >= 0.6 is 0 Å². The summed E-state index contributed by atoms with van der Waals surface area (Å²) >= 11 is 0. The molecule has 1 N–H and O–H groups in total. The summed E-state index contributed by atoms with van der Waals surface area (Å²) in [6.07, 6.45) is 2.23. The SMILES string of the molecule is CCOc1cc2c(C=O)cn(CC(=O)O)c2cc1OCC. The van der Waals surface area contributed by atoms with Gasteiger partial charge < -0.3 is 19.1 Å². The number of hydrogen-bond donors (Lipinski definition) is 1. The Hall–Kier alpha value is -2.50. The van der Waals surface area contributed by atoms with Crippen LogP contribution in [0.25, 0.3) is 10.9 Å². The van der Waals surface area contributed by atoms with Crippen LogP contribution in [-0.2, 0) is 11.3 Å². The van der Waals surface area contributed by atoms with Crippen molar-refractivity contribution < 1.29 is 24.2 Å². The third-order valence-electron chi connectivity index (χ3n) is 3.01. The third-order valence-corrected chi connectivity index (χ3v) is 3.01. The van der Waals surface area contributed by atoms with Gasteiger partial charge in [0, 0.05) is 23.2 Å². The smallest absolute Gasteiger partial charge is 0.323 e. The fourth-order valence-corrected chi connectivity index (χ4v) is 2.23. The molecule has 6 nitrogen and oxygen atoms in total. The van der Waals surface area contributed by atoms with E-state index >= 15 is 0 Å². The standard InChI is InChI=1S/C15H17NO5/c1-3-20-13-5-11-10(9-17)7-16(8-15(18)19)12(11)6-14(13)21-4-2/h5-7,9H,3-4,8H2,1-2H3,(H,18,19). The second-order valence-electron chi connectivity index (χ2n) is 4.41. The summed E-state index contributed by atoms with van der Waals surface area (Å²) in [5.41, 5.74) is 1.06. The van der Waals surface area contributed by atoms with Crippen LogP contribution in [0.5, 0.6) is 11.5 Å². The minimum absolute atomic E-state index is 0.218. The van der Waals surface area contributed by atoms with Crippen molar-refractivity contribution in [3.8, 4) is 11.5 Å². The van der Waals surface area contributed by atoms with Crippen LogP contribution in [0.15, 0.2) is 18.3 Å². The first kappa shape index (κ1) is 14.9. The van der Waals surface area contributed by atoms with Crippen molar-refractivity contribution in [1.82, 2.24) is 4.57 Å². The first-order valence-electron chi connectivity index (χ1n) is 6.70. The van der Waals surface area contributed by atoms with E-state index in [2.05, 4.69) is 0 Å². The number of aliphatic carboxylic acids is 1. The molecule has 0 unspecified atom stereocenters. The number of fused-ring (bicyclic) bond motifs is 1. The van der Waals surface area contributed by atoms with Gasteiger partial charge in [-0.1, -0.05) is 0 Å². The molecule has 0 atom stereocenters. The normalized spacial score (nSPS) is 10.6. The lowest BCUT2D eigenvalue weighted by molar-refractivity contribution is -0.137. The fourth-order valence-electron chi connectivity index (χ4n) is 2.23. The number of carboxylic acids is 1. The molecular formula is C15H17NO5. The summed E-state index contributed by atoms with van der Waals surface area (Å²) in [7, 11) is 0. The predicted molar refractivity (Wildman–Crippen MR) is 77.3 cm³/mol. The molecular weight excluding hydrogens is 274 g/mol. The number of nitrogens with zero attached hydrogens (tertiary/aromatic N) is 1. The number of ether oxygens (including phenoxy) is 2. The van der Waals surface area contributed by atoms with E-state index in [0.717, 1.165) is 0 Å². The van der Waals surface area contributed by atoms with E-state index in [1.807, 2.05) is 13.8 Å². The van der Waals surface area contributed by atoms with Crippen molar-refractivity contribution >= 4 is 23.2 Å². The summed E-state index contributed by atoms with van der Waals surface area (Å²) in [5, 5.41) is 9.61. The first-order valence-corrected chi connectivity index (χ1v) is 6.70. The van der Waals surface area contributed by atoms with Crippen LogP contribution in [0.1, 0.15) is 24.2 Å². The highest BCUT2D eigenvalue weighted by atomic mass is 16.5. The highest BCUT2D eigenvalue weighted by Crippen LogP contribution is 2.34. The Kier molecular flexibility index (Phi) is 4.47. The first-order chi connectivity index (χ1) is 10.1. The predicted octanol–water partition coefficient (Wildman–Crippen LogP) is 2.34. The van der Waals surface area contributed by atoms with Crippen LogP contribution < -0.4 is 9.47 Å². The van der Waals surface area contributed by atoms with Crippen molar-refractivity contribution in [2.75, 3.05) is 13.2 Å². The second kappa shape index (κ2) is 6.30. The molecule has 0 bridgehead atoms. The molecule has 0 aliphatic carbocycles. The number of hydrogen-bond acceptors (Lipinski definition) is 4. The zero-order valence-electron chi connectivity index (χ0n) is 12.0. The van der Waals surface area contributed by atoms with E-state index in [1.165, 1.54) is 10.8 Å². The van der Waals surface area contributed by atoms with Crippen LogP contribution in [0, 0.1) is 0 Å². The van der Waals surface area contributed by atoms with Gasteiger partial charge in [0.2, 0.25) is 0 Å². The van der Waals surface area contributed by atoms with Crippen LogP contribution in [-0.4, -0.2) is 35.1 Å². The molecule has 0 fully saturated rings. The van der Waals surface area contributed by atoms with Crippen molar-refractivity contribution in [3.05, 3.63) is 23.9 Å². The number of carboxylic acid groups (broad SMARTS) is 1. The Morgan fingerprint density at radius 2 is 1.86 bits per heavy atom. The zero-order chi connectivity index (χ0) is 15.4. The molecule has 0 aliphatic heterocycles. The molecule has 1 aromatic heterocycles. The Balaban J connectivity index is 2.65. The van der Waals surface area contributed by atoms with E-state index in [9.17, 15) is 9.59 Å². The lowest BCUT2D eigenvalue weighted by Gasteiger charge is -2.12. The number of carbonyl (C=O) groups excluding carboxylic acids is 1. The fraction of sp³-hybridized carbons (Fsp3) is 0.333. The highest BCUT2D eigenvalue weighted by molar-refractivity contribution is 5.99. The summed E-state index contributed by atoms with van der Waals surface area (Å²) in [5.74, 6) is 0.105. The molecule has 1 aromatic carbocycles. The van der Waals surface area contributed by atoms with E-state index in [-0.39, 0.29) is 6.54 Å². The van der Waals surface area contributed by atoms with Gasteiger partial charge in [0.25, 0.3) is 0 Å². The van der Waals surface area contributed by atoms with E-state index in [4.69, 9.17) is 14.6 Å². The third kappa shape index (κ3) is 2.99. The average molecular weight is 291 g/mol. The van der Waals surface area contributed by atoms with Crippen molar-refractivity contribution in [1.29, 1.82) is 0 Å². The number of aromatic nitrogens is 1. The topological polar surface area (TPSA) is 77.8 Å². The Labute approximate surface area is 121 Å². The lowest BCUT2D eigenvalue weighted by Crippen LogP contribution is -2.07. The summed E-state index contributed by atoms with van der Waals surface area (Å²) in [6, 6.07) is 3.42. The van der Waals surface area contributed by atoms with Gasteiger partial charge in [-0.25, -0.2) is 0 Å². The van der Waals surface area contributed by atoms with Crippen LogP contribution in [0.3, 0.4) is 0 Å². The molecule has 112 valence electrons. The van der Waals surface area contributed by atoms with Crippen molar-refractivity contribution in [2.45, 2.75) is 20.4 Å². The number of carbonyl (C=O) groups is 2. The minimum atomic E-state index is -0.976. The lowest BCUT2D eigenvalue weighted by atomic mass is 10.1. The number of benzene rings is 1. The van der Waals surface area contributed by atoms with Gasteiger partial charge in [0.15, 0.2) is 17.8 Å². The largest absolute Gasteiger partial charge is 0.490 e. The molecule has 21 heavy (non-hydrogen) atoms. The minimum Gasteiger partial charge on any atom is -0.490 e. The molecule has 0 radical (unpaired) electrons. The maximum Gasteiger partial charge on any atom is 0.323 e. The molecule has 0 aliphatic rings. The monoisotopic (exact) mass is 291 g/mol. The summed E-state index contributed by atoms with van der Waals surface area (Å²) in [4.78, 5) is 22.1. The summed E-state index contributed by atoms with van der Waals surface area (Å²) < 4.78 is 12.6. The molecule has 6 heteroatoms. The van der Waals surface area contributed by atoms with Gasteiger partial charge in [-0.15, -0.1) is 0 Å². The average Bonchev–Trinajstić information content (AvgIpc) is 2.76. The summed E-state index contributed by atoms with van der Waals surface area (Å²) in [6.45, 7) is 4.43. The van der Waals surface area contributed by atoms with Gasteiger partial charge in [-0.05, 0) is 19.9 Å².